The molecule has 2 aliphatic heterocycles. The van der Waals surface area contributed by atoms with Gasteiger partial charge in [-0.1, -0.05) is 30.3 Å². The van der Waals surface area contributed by atoms with Crippen LogP contribution in [0.4, 0.5) is 0 Å². The van der Waals surface area contributed by atoms with E-state index in [-0.39, 0.29) is 11.4 Å². The van der Waals surface area contributed by atoms with Gasteiger partial charge in [-0.15, -0.1) is 0 Å². The van der Waals surface area contributed by atoms with Crippen LogP contribution in [0.25, 0.3) is 0 Å². The minimum atomic E-state index is -0.301. The van der Waals surface area contributed by atoms with E-state index in [1.807, 2.05) is 18.2 Å². The third-order valence-corrected chi connectivity index (χ3v) is 4.05. The largest absolute Gasteiger partial charge is 0.374 e. The van der Waals surface area contributed by atoms with E-state index in [1.54, 1.807) is 0 Å². The van der Waals surface area contributed by atoms with Gasteiger partial charge in [-0.25, -0.2) is 0 Å². The van der Waals surface area contributed by atoms with E-state index in [0.717, 1.165) is 32.3 Å². The Bertz CT molecular complexity index is 411. The van der Waals surface area contributed by atoms with Crippen molar-refractivity contribution in [2.24, 2.45) is 0 Å². The summed E-state index contributed by atoms with van der Waals surface area (Å²) in [5, 5.41) is 0. The molecule has 0 N–H and O–H groups in total. The van der Waals surface area contributed by atoms with Gasteiger partial charge in [0.15, 0.2) is 5.79 Å². The Morgan fingerprint density at radius 2 is 2.00 bits per heavy atom. The molecule has 3 nitrogen and oxygen atoms in total. The molecule has 0 aliphatic carbocycles. The van der Waals surface area contributed by atoms with E-state index in [0.29, 0.717) is 13.2 Å². The van der Waals surface area contributed by atoms with Crippen molar-refractivity contribution < 1.29 is 14.2 Å². The maximum absolute atomic E-state index is 6.19. The topological polar surface area (TPSA) is 27.7 Å². The molecule has 2 atom stereocenters. The van der Waals surface area contributed by atoms with Gasteiger partial charge in [-0.05, 0) is 25.3 Å². The van der Waals surface area contributed by atoms with Gasteiger partial charge in [-0.3, -0.25) is 0 Å². The second-order valence-electron chi connectivity index (χ2n) is 5.89. The van der Waals surface area contributed by atoms with Crippen molar-refractivity contribution in [3.63, 3.8) is 0 Å². The molecular weight excluding hydrogens is 240 g/mol. The number of hydrogen-bond acceptors (Lipinski definition) is 3. The summed E-state index contributed by atoms with van der Waals surface area (Å²) in [7, 11) is 0. The molecule has 0 aromatic heterocycles. The van der Waals surface area contributed by atoms with Gasteiger partial charge in [0.2, 0.25) is 0 Å². The van der Waals surface area contributed by atoms with Gasteiger partial charge in [0, 0.05) is 12.8 Å². The van der Waals surface area contributed by atoms with Crippen LogP contribution in [-0.4, -0.2) is 24.6 Å². The minimum absolute atomic E-state index is 0.195. The van der Waals surface area contributed by atoms with Crippen molar-refractivity contribution in [2.75, 3.05) is 13.2 Å². The average Bonchev–Trinajstić information content (AvgIpc) is 3.00. The highest BCUT2D eigenvalue weighted by molar-refractivity contribution is 5.13. The van der Waals surface area contributed by atoms with Crippen molar-refractivity contribution in [3.8, 4) is 0 Å². The molecule has 19 heavy (non-hydrogen) atoms. The Hall–Kier alpha value is -0.900. The van der Waals surface area contributed by atoms with Crippen LogP contribution in [0.15, 0.2) is 30.3 Å². The molecule has 0 saturated carbocycles. The standard InChI is InChI=1S/C16H22O3/c1-15(9-10-16(19-15)8-5-11-18-16)13-17-12-14-6-3-2-4-7-14/h2-4,6-7H,5,8-13H2,1H3. The second-order valence-corrected chi connectivity index (χ2v) is 5.89. The Morgan fingerprint density at radius 3 is 2.74 bits per heavy atom. The van der Waals surface area contributed by atoms with Crippen molar-refractivity contribution >= 4 is 0 Å². The van der Waals surface area contributed by atoms with Crippen LogP contribution in [0.3, 0.4) is 0 Å². The zero-order valence-electron chi connectivity index (χ0n) is 11.6. The van der Waals surface area contributed by atoms with E-state index >= 15 is 0 Å². The van der Waals surface area contributed by atoms with E-state index in [1.165, 1.54) is 5.56 Å². The maximum Gasteiger partial charge on any atom is 0.169 e. The molecule has 0 amide bonds. The summed E-state index contributed by atoms with van der Waals surface area (Å²) < 4.78 is 17.8. The average molecular weight is 262 g/mol. The molecule has 2 unspecified atom stereocenters. The Kier molecular flexibility index (Phi) is 3.61. The second kappa shape index (κ2) is 5.23. The summed E-state index contributed by atoms with van der Waals surface area (Å²) >= 11 is 0. The molecule has 3 heteroatoms. The fraction of sp³-hybridized carbons (Fsp3) is 0.625. The summed E-state index contributed by atoms with van der Waals surface area (Å²) in [6, 6.07) is 10.3. The fourth-order valence-electron chi connectivity index (χ4n) is 3.02. The van der Waals surface area contributed by atoms with Gasteiger partial charge in [-0.2, -0.15) is 0 Å². The van der Waals surface area contributed by atoms with Crippen LogP contribution < -0.4 is 0 Å². The molecule has 2 aliphatic rings. The highest BCUT2D eigenvalue weighted by Crippen LogP contribution is 2.44. The number of rotatable bonds is 4. The van der Waals surface area contributed by atoms with Crippen LogP contribution in [0.2, 0.25) is 0 Å². The zero-order chi connectivity index (χ0) is 13.2. The number of hydrogen-bond donors (Lipinski definition) is 0. The van der Waals surface area contributed by atoms with E-state index < -0.39 is 0 Å². The molecule has 104 valence electrons. The lowest BCUT2D eigenvalue weighted by atomic mass is 10.0. The lowest BCUT2D eigenvalue weighted by Crippen LogP contribution is -2.36. The summed E-state index contributed by atoms with van der Waals surface area (Å²) in [5.74, 6) is -0.301. The number of benzene rings is 1. The maximum atomic E-state index is 6.19. The molecule has 1 aromatic carbocycles. The van der Waals surface area contributed by atoms with Gasteiger partial charge in [0.05, 0.1) is 25.4 Å². The van der Waals surface area contributed by atoms with Crippen LogP contribution in [0, 0.1) is 0 Å². The van der Waals surface area contributed by atoms with Crippen LogP contribution >= 0.6 is 0 Å². The normalized spacial score (nSPS) is 34.2. The lowest BCUT2D eigenvalue weighted by molar-refractivity contribution is -0.234. The molecule has 2 heterocycles. The third-order valence-electron chi connectivity index (χ3n) is 4.05. The van der Waals surface area contributed by atoms with Crippen molar-refractivity contribution in [1.82, 2.24) is 0 Å². The first-order chi connectivity index (χ1) is 9.20. The third kappa shape index (κ3) is 2.99. The highest BCUT2D eigenvalue weighted by atomic mass is 16.7. The predicted octanol–water partition coefficient (Wildman–Crippen LogP) is 3.28. The van der Waals surface area contributed by atoms with Crippen molar-refractivity contribution in [1.29, 1.82) is 0 Å². The van der Waals surface area contributed by atoms with Crippen molar-refractivity contribution in [3.05, 3.63) is 35.9 Å². The molecule has 2 saturated heterocycles. The Balaban J connectivity index is 1.50. The molecule has 2 fully saturated rings. The minimum Gasteiger partial charge on any atom is -0.374 e. The van der Waals surface area contributed by atoms with Gasteiger partial charge in [0.25, 0.3) is 0 Å². The highest BCUT2D eigenvalue weighted by Gasteiger charge is 2.49. The monoisotopic (exact) mass is 262 g/mol. The quantitative estimate of drug-likeness (QED) is 0.833. The molecular formula is C16H22O3. The van der Waals surface area contributed by atoms with E-state index in [4.69, 9.17) is 14.2 Å². The first-order valence-corrected chi connectivity index (χ1v) is 7.16. The van der Waals surface area contributed by atoms with Gasteiger partial charge >= 0.3 is 0 Å². The van der Waals surface area contributed by atoms with Crippen LogP contribution in [0.5, 0.6) is 0 Å². The lowest BCUT2D eigenvalue weighted by Gasteiger charge is -2.29. The van der Waals surface area contributed by atoms with Crippen LogP contribution in [0.1, 0.15) is 38.2 Å². The van der Waals surface area contributed by atoms with Gasteiger partial charge < -0.3 is 14.2 Å². The van der Waals surface area contributed by atoms with Gasteiger partial charge in [0.1, 0.15) is 0 Å². The van der Waals surface area contributed by atoms with E-state index in [9.17, 15) is 0 Å². The summed E-state index contributed by atoms with van der Waals surface area (Å²) in [5.41, 5.74) is 1.01. The predicted molar refractivity (Wildman–Crippen MR) is 72.7 cm³/mol. The smallest absolute Gasteiger partial charge is 0.169 e. The van der Waals surface area contributed by atoms with Crippen molar-refractivity contribution in [2.45, 2.75) is 50.6 Å². The SMILES string of the molecule is CC1(COCc2ccccc2)CCC2(CCCO2)O1. The first kappa shape index (κ1) is 13.1. The fourth-order valence-corrected chi connectivity index (χ4v) is 3.02. The summed E-state index contributed by atoms with van der Waals surface area (Å²) in [4.78, 5) is 0. The molecule has 3 rings (SSSR count). The molecule has 0 radical (unpaired) electrons. The Morgan fingerprint density at radius 1 is 1.16 bits per heavy atom. The molecule has 0 bridgehead atoms. The van der Waals surface area contributed by atoms with E-state index in [2.05, 4.69) is 19.1 Å². The molecule has 1 spiro atoms. The summed E-state index contributed by atoms with van der Waals surface area (Å²) in [6.07, 6.45) is 4.15. The summed E-state index contributed by atoms with van der Waals surface area (Å²) in [6.45, 7) is 4.25. The number of ether oxygens (including phenoxy) is 3. The zero-order valence-corrected chi connectivity index (χ0v) is 11.6. The molecule has 1 aromatic rings. The van der Waals surface area contributed by atoms with Crippen LogP contribution in [-0.2, 0) is 20.8 Å². The first-order valence-electron chi connectivity index (χ1n) is 7.16. The Labute approximate surface area is 114 Å².